The lowest BCUT2D eigenvalue weighted by molar-refractivity contribution is 0.0963. The van der Waals surface area contributed by atoms with Gasteiger partial charge in [-0.1, -0.05) is 12.1 Å². The number of amides is 4. The third-order valence-electron chi connectivity index (χ3n) is 3.80. The van der Waals surface area contributed by atoms with Gasteiger partial charge >= 0.3 is 6.03 Å². The fourth-order valence-corrected chi connectivity index (χ4v) is 2.53. The number of carbonyl (C=O) groups is 3. The molecule has 142 valence electrons. The van der Waals surface area contributed by atoms with E-state index >= 15 is 0 Å². The summed E-state index contributed by atoms with van der Waals surface area (Å²) in [6, 6.07) is 11.5. The number of anilines is 2. The second-order valence-corrected chi connectivity index (χ2v) is 6.36. The topological polar surface area (TPSA) is 99.3 Å². The van der Waals surface area contributed by atoms with Gasteiger partial charge < -0.3 is 21.3 Å². The lowest BCUT2D eigenvalue weighted by Crippen LogP contribution is -2.34. The Hall–Kier alpha value is -3.35. The van der Waals surface area contributed by atoms with Crippen LogP contribution >= 0.6 is 0 Å². The first-order chi connectivity index (χ1) is 12.8. The molecule has 0 aliphatic rings. The van der Waals surface area contributed by atoms with Crippen molar-refractivity contribution < 1.29 is 14.4 Å². The Morgan fingerprint density at radius 3 is 2.15 bits per heavy atom. The maximum Gasteiger partial charge on any atom is 0.319 e. The summed E-state index contributed by atoms with van der Waals surface area (Å²) in [5, 5.41) is 10.8. The van der Waals surface area contributed by atoms with Gasteiger partial charge in [-0.3, -0.25) is 9.59 Å². The summed E-state index contributed by atoms with van der Waals surface area (Å²) in [5.74, 6) is -0.608. The minimum atomic E-state index is -0.344. The largest absolute Gasteiger partial charge is 0.355 e. The molecule has 0 heterocycles. The Balaban J connectivity index is 2.12. The molecule has 0 atom stereocenters. The van der Waals surface area contributed by atoms with E-state index in [0.29, 0.717) is 22.5 Å². The summed E-state index contributed by atoms with van der Waals surface area (Å²) < 4.78 is 0. The minimum Gasteiger partial charge on any atom is -0.355 e. The van der Waals surface area contributed by atoms with Gasteiger partial charge in [-0.2, -0.15) is 0 Å². The molecule has 0 aliphatic carbocycles. The standard InChI is InChI=1S/C20H24N4O3/c1-12(2)22-20(27)23-15-10-8-14(9-11-15)18(25)24-16-7-5-6-13(3)17(16)19(26)21-4/h5-12H,1-4H3,(H,21,26)(H,24,25)(H2,22,23,27). The Bertz CT molecular complexity index is 845. The van der Waals surface area contributed by atoms with E-state index in [-0.39, 0.29) is 23.9 Å². The van der Waals surface area contributed by atoms with E-state index in [1.165, 1.54) is 0 Å². The molecule has 4 N–H and O–H groups in total. The lowest BCUT2D eigenvalue weighted by Gasteiger charge is -2.13. The zero-order valence-electron chi connectivity index (χ0n) is 15.8. The van der Waals surface area contributed by atoms with Crippen LogP contribution in [-0.4, -0.2) is 30.9 Å². The smallest absolute Gasteiger partial charge is 0.319 e. The van der Waals surface area contributed by atoms with Crippen molar-refractivity contribution in [2.75, 3.05) is 17.7 Å². The Kier molecular flexibility index (Phi) is 6.54. The Morgan fingerprint density at radius 2 is 1.56 bits per heavy atom. The number of hydrogen-bond donors (Lipinski definition) is 4. The number of carbonyl (C=O) groups excluding carboxylic acids is 3. The molecule has 0 aromatic heterocycles. The molecular weight excluding hydrogens is 344 g/mol. The monoisotopic (exact) mass is 368 g/mol. The van der Waals surface area contributed by atoms with Crippen molar-refractivity contribution in [3.63, 3.8) is 0 Å². The van der Waals surface area contributed by atoms with Gasteiger partial charge in [0.05, 0.1) is 11.3 Å². The van der Waals surface area contributed by atoms with E-state index in [9.17, 15) is 14.4 Å². The molecule has 0 fully saturated rings. The first-order valence-electron chi connectivity index (χ1n) is 8.62. The SMILES string of the molecule is CNC(=O)c1c(C)cccc1NC(=O)c1ccc(NC(=O)NC(C)C)cc1. The van der Waals surface area contributed by atoms with Crippen molar-refractivity contribution in [1.29, 1.82) is 0 Å². The highest BCUT2D eigenvalue weighted by Crippen LogP contribution is 2.20. The average Bonchev–Trinajstić information content (AvgIpc) is 2.61. The maximum absolute atomic E-state index is 12.5. The van der Waals surface area contributed by atoms with Crippen LogP contribution in [0.25, 0.3) is 0 Å². The lowest BCUT2D eigenvalue weighted by atomic mass is 10.1. The molecule has 2 aromatic carbocycles. The van der Waals surface area contributed by atoms with E-state index < -0.39 is 0 Å². The first-order valence-corrected chi connectivity index (χ1v) is 8.62. The van der Waals surface area contributed by atoms with Crippen molar-refractivity contribution in [3.8, 4) is 0 Å². The van der Waals surface area contributed by atoms with Crippen LogP contribution in [0.5, 0.6) is 0 Å². The second kappa shape index (κ2) is 8.84. The van der Waals surface area contributed by atoms with Crippen LogP contribution in [0.15, 0.2) is 42.5 Å². The molecule has 0 bridgehead atoms. The molecule has 4 amide bonds. The van der Waals surface area contributed by atoms with Gasteiger partial charge in [0.15, 0.2) is 0 Å². The highest BCUT2D eigenvalue weighted by atomic mass is 16.2. The number of aryl methyl sites for hydroxylation is 1. The number of rotatable bonds is 5. The van der Waals surface area contributed by atoms with Crippen molar-refractivity contribution in [2.24, 2.45) is 0 Å². The van der Waals surface area contributed by atoms with Crippen molar-refractivity contribution >= 4 is 29.2 Å². The molecule has 27 heavy (non-hydrogen) atoms. The zero-order valence-corrected chi connectivity index (χ0v) is 15.8. The van der Waals surface area contributed by atoms with E-state index in [1.54, 1.807) is 43.4 Å². The molecule has 7 nitrogen and oxygen atoms in total. The fraction of sp³-hybridized carbons (Fsp3) is 0.250. The Labute approximate surface area is 158 Å². The predicted molar refractivity (Wildman–Crippen MR) is 106 cm³/mol. The average molecular weight is 368 g/mol. The minimum absolute atomic E-state index is 0.0268. The first kappa shape index (κ1) is 20.0. The molecule has 0 radical (unpaired) electrons. The van der Waals surface area contributed by atoms with Crippen LogP contribution in [0.3, 0.4) is 0 Å². The summed E-state index contributed by atoms with van der Waals surface area (Å²) in [6.45, 7) is 5.54. The normalized spacial score (nSPS) is 10.3. The van der Waals surface area contributed by atoms with Crippen molar-refractivity contribution in [2.45, 2.75) is 26.8 Å². The van der Waals surface area contributed by atoms with Crippen molar-refractivity contribution in [1.82, 2.24) is 10.6 Å². The van der Waals surface area contributed by atoms with Crippen LogP contribution in [0, 0.1) is 6.92 Å². The molecule has 7 heteroatoms. The van der Waals surface area contributed by atoms with Gasteiger partial charge in [-0.05, 0) is 56.7 Å². The number of benzene rings is 2. The zero-order chi connectivity index (χ0) is 20.0. The van der Waals surface area contributed by atoms with Gasteiger partial charge in [-0.25, -0.2) is 4.79 Å². The van der Waals surface area contributed by atoms with Crippen LogP contribution in [0.1, 0.15) is 40.1 Å². The predicted octanol–water partition coefficient (Wildman–Crippen LogP) is 3.14. The van der Waals surface area contributed by atoms with E-state index in [0.717, 1.165) is 5.56 Å². The summed E-state index contributed by atoms with van der Waals surface area (Å²) >= 11 is 0. The third kappa shape index (κ3) is 5.31. The van der Waals surface area contributed by atoms with Gasteiger partial charge in [0, 0.05) is 24.3 Å². The number of urea groups is 1. The maximum atomic E-state index is 12.5. The molecule has 0 spiro atoms. The highest BCUT2D eigenvalue weighted by molar-refractivity contribution is 6.09. The van der Waals surface area contributed by atoms with Gasteiger partial charge in [0.1, 0.15) is 0 Å². The second-order valence-electron chi connectivity index (χ2n) is 6.36. The number of hydrogen-bond acceptors (Lipinski definition) is 3. The van der Waals surface area contributed by atoms with E-state index in [2.05, 4.69) is 21.3 Å². The molecule has 2 aromatic rings. The van der Waals surface area contributed by atoms with Crippen LogP contribution in [0.2, 0.25) is 0 Å². The van der Waals surface area contributed by atoms with Crippen molar-refractivity contribution in [3.05, 3.63) is 59.2 Å². The quantitative estimate of drug-likeness (QED) is 0.652. The summed E-state index contributed by atoms with van der Waals surface area (Å²) in [4.78, 5) is 36.3. The van der Waals surface area contributed by atoms with E-state index in [1.807, 2.05) is 26.8 Å². The summed E-state index contributed by atoms with van der Waals surface area (Å²) in [7, 11) is 1.54. The number of nitrogens with one attached hydrogen (secondary N) is 4. The van der Waals surface area contributed by atoms with Gasteiger partial charge in [0.25, 0.3) is 11.8 Å². The third-order valence-corrected chi connectivity index (χ3v) is 3.80. The molecule has 0 saturated heterocycles. The molecular formula is C20H24N4O3. The van der Waals surface area contributed by atoms with Crippen LogP contribution in [-0.2, 0) is 0 Å². The fourth-order valence-electron chi connectivity index (χ4n) is 2.53. The molecule has 0 unspecified atom stereocenters. The van der Waals surface area contributed by atoms with Gasteiger partial charge in [-0.15, -0.1) is 0 Å². The highest BCUT2D eigenvalue weighted by Gasteiger charge is 2.15. The Morgan fingerprint density at radius 1 is 0.889 bits per heavy atom. The molecule has 2 rings (SSSR count). The van der Waals surface area contributed by atoms with E-state index in [4.69, 9.17) is 0 Å². The summed E-state index contributed by atoms with van der Waals surface area (Å²) in [5.41, 5.74) is 2.62. The van der Waals surface area contributed by atoms with Gasteiger partial charge in [0.2, 0.25) is 0 Å². The molecule has 0 aliphatic heterocycles. The van der Waals surface area contributed by atoms with Crippen LogP contribution in [0.4, 0.5) is 16.2 Å². The van der Waals surface area contributed by atoms with Crippen LogP contribution < -0.4 is 21.3 Å². The molecule has 0 saturated carbocycles. The summed E-state index contributed by atoms with van der Waals surface area (Å²) in [6.07, 6.45) is 0.